The van der Waals surface area contributed by atoms with Crippen LogP contribution in [0.5, 0.6) is 0 Å². The number of thiocyanates is 1. The average Bonchev–Trinajstić information content (AvgIpc) is 2.49. The van der Waals surface area contributed by atoms with Gasteiger partial charge >= 0.3 is 0 Å². The summed E-state index contributed by atoms with van der Waals surface area (Å²) in [4.78, 5) is 3.33. The number of hydrogen-bond acceptors (Lipinski definition) is 5. The standard InChI is InChI=1S/C14H14BrN3O2S2/c15-12-5-7-13(8-6-12)22(19,20)18-17-9-11-3-1-2-4-14(11)21-10-16/h5-9,18H,1-4H2/b17-9+. The van der Waals surface area contributed by atoms with Gasteiger partial charge in [-0.1, -0.05) is 15.9 Å². The molecule has 0 unspecified atom stereocenters. The zero-order valence-corrected chi connectivity index (χ0v) is 14.8. The van der Waals surface area contributed by atoms with Gasteiger partial charge in [-0.3, -0.25) is 0 Å². The van der Waals surface area contributed by atoms with E-state index < -0.39 is 10.0 Å². The van der Waals surface area contributed by atoms with Crippen molar-refractivity contribution in [3.05, 3.63) is 39.2 Å². The number of thioether (sulfide) groups is 1. The van der Waals surface area contributed by atoms with E-state index in [1.54, 1.807) is 12.1 Å². The predicted molar refractivity (Wildman–Crippen MR) is 91.7 cm³/mol. The lowest BCUT2D eigenvalue weighted by Gasteiger charge is -2.14. The molecule has 1 aliphatic carbocycles. The van der Waals surface area contributed by atoms with Gasteiger partial charge in [0.1, 0.15) is 5.40 Å². The summed E-state index contributed by atoms with van der Waals surface area (Å²) < 4.78 is 25.0. The van der Waals surface area contributed by atoms with E-state index in [9.17, 15) is 8.42 Å². The second-order valence-corrected chi connectivity index (χ2v) is 8.11. The summed E-state index contributed by atoms with van der Waals surface area (Å²) in [6.07, 6.45) is 5.24. The summed E-state index contributed by atoms with van der Waals surface area (Å²) in [7, 11) is -3.67. The first-order valence-corrected chi connectivity index (χ1v) is 9.70. The number of hydrogen-bond donors (Lipinski definition) is 1. The van der Waals surface area contributed by atoms with E-state index in [1.807, 2.05) is 0 Å². The molecule has 5 nitrogen and oxygen atoms in total. The third kappa shape index (κ3) is 4.60. The lowest BCUT2D eigenvalue weighted by atomic mass is 10.0. The van der Waals surface area contributed by atoms with Crippen molar-refractivity contribution in [2.45, 2.75) is 30.6 Å². The van der Waals surface area contributed by atoms with Gasteiger partial charge in [-0.05, 0) is 67.3 Å². The maximum absolute atomic E-state index is 12.1. The molecule has 0 spiro atoms. The number of allylic oxidation sites excluding steroid dienone is 2. The topological polar surface area (TPSA) is 82.3 Å². The van der Waals surface area contributed by atoms with Crippen LogP contribution in [0.15, 0.2) is 49.2 Å². The van der Waals surface area contributed by atoms with Crippen molar-refractivity contribution in [3.63, 3.8) is 0 Å². The third-order valence-electron chi connectivity index (χ3n) is 3.14. The van der Waals surface area contributed by atoms with Gasteiger partial charge in [-0.2, -0.15) is 18.8 Å². The van der Waals surface area contributed by atoms with Gasteiger partial charge in [0.25, 0.3) is 10.0 Å². The van der Waals surface area contributed by atoms with Crippen LogP contribution in [0.1, 0.15) is 25.7 Å². The van der Waals surface area contributed by atoms with Gasteiger partial charge < -0.3 is 0 Å². The first kappa shape index (κ1) is 17.1. The molecule has 8 heteroatoms. The van der Waals surface area contributed by atoms with Gasteiger partial charge in [-0.15, -0.1) is 0 Å². The Morgan fingerprint density at radius 2 is 1.95 bits per heavy atom. The fraction of sp³-hybridized carbons (Fsp3) is 0.286. The summed E-state index contributed by atoms with van der Waals surface area (Å²) in [6.45, 7) is 0. The van der Waals surface area contributed by atoms with Crippen molar-refractivity contribution in [1.29, 1.82) is 5.26 Å². The van der Waals surface area contributed by atoms with E-state index in [2.05, 4.69) is 31.3 Å². The van der Waals surface area contributed by atoms with Crippen LogP contribution < -0.4 is 4.83 Å². The second-order valence-electron chi connectivity index (χ2n) is 4.66. The first-order chi connectivity index (χ1) is 10.5. The van der Waals surface area contributed by atoms with E-state index in [0.717, 1.165) is 52.4 Å². The Kier molecular flexibility index (Phi) is 6.06. The van der Waals surface area contributed by atoms with Gasteiger partial charge in [-0.25, -0.2) is 4.83 Å². The summed E-state index contributed by atoms with van der Waals surface area (Å²) >= 11 is 4.39. The number of nitriles is 1. The summed E-state index contributed by atoms with van der Waals surface area (Å²) in [5, 5.41) is 14.7. The minimum atomic E-state index is -3.67. The molecule has 1 aromatic rings. The Morgan fingerprint density at radius 1 is 1.27 bits per heavy atom. The number of sulfonamides is 1. The highest BCUT2D eigenvalue weighted by Gasteiger charge is 2.14. The fourth-order valence-electron chi connectivity index (χ4n) is 2.05. The molecule has 0 bridgehead atoms. The second kappa shape index (κ2) is 7.81. The van der Waals surface area contributed by atoms with Gasteiger partial charge in [0, 0.05) is 9.38 Å². The van der Waals surface area contributed by atoms with Crippen LogP contribution in [0.3, 0.4) is 0 Å². The van der Waals surface area contributed by atoms with Gasteiger partial charge in [0.05, 0.1) is 11.1 Å². The number of rotatable bonds is 5. The Hall–Kier alpha value is -1.30. The summed E-state index contributed by atoms with van der Waals surface area (Å²) in [5.74, 6) is 0. The molecule has 0 amide bonds. The van der Waals surface area contributed by atoms with Crippen LogP contribution in [0.25, 0.3) is 0 Å². The smallest absolute Gasteiger partial charge is 0.200 e. The minimum Gasteiger partial charge on any atom is -0.200 e. The van der Waals surface area contributed by atoms with Crippen molar-refractivity contribution in [3.8, 4) is 5.40 Å². The molecule has 1 aliphatic rings. The number of nitrogens with zero attached hydrogens (tertiary/aromatic N) is 2. The van der Waals surface area contributed by atoms with Crippen molar-refractivity contribution in [2.75, 3.05) is 0 Å². The van der Waals surface area contributed by atoms with E-state index >= 15 is 0 Å². The molecular weight excluding hydrogens is 386 g/mol. The molecule has 1 N–H and O–H groups in total. The molecular formula is C14H14BrN3O2S2. The molecule has 22 heavy (non-hydrogen) atoms. The highest BCUT2D eigenvalue weighted by atomic mass is 79.9. The largest absolute Gasteiger partial charge is 0.276 e. The molecule has 0 radical (unpaired) electrons. The maximum Gasteiger partial charge on any atom is 0.276 e. The highest BCUT2D eigenvalue weighted by molar-refractivity contribution is 9.10. The molecule has 2 rings (SSSR count). The monoisotopic (exact) mass is 399 g/mol. The molecule has 0 fully saturated rings. The Bertz CT molecular complexity index is 734. The zero-order chi connectivity index (χ0) is 16.0. The van der Waals surface area contributed by atoms with Crippen LogP contribution in [0.2, 0.25) is 0 Å². The summed E-state index contributed by atoms with van der Waals surface area (Å²) in [5.41, 5.74) is 0.927. The molecule has 0 aliphatic heterocycles. The van der Waals surface area contributed by atoms with Gasteiger partial charge in [0.15, 0.2) is 0 Å². The van der Waals surface area contributed by atoms with Crippen molar-refractivity contribution in [1.82, 2.24) is 4.83 Å². The number of benzene rings is 1. The molecule has 0 heterocycles. The quantitative estimate of drug-likeness (QED) is 0.464. The fourth-order valence-corrected chi connectivity index (χ4v) is 3.75. The van der Waals surface area contributed by atoms with E-state index in [4.69, 9.17) is 5.26 Å². The van der Waals surface area contributed by atoms with Crippen LogP contribution >= 0.6 is 27.7 Å². The molecule has 116 valence electrons. The number of halogens is 1. The van der Waals surface area contributed by atoms with Crippen LogP contribution in [-0.4, -0.2) is 14.6 Å². The minimum absolute atomic E-state index is 0.150. The lowest BCUT2D eigenvalue weighted by molar-refractivity contribution is 0.584. The number of hydrazone groups is 1. The van der Waals surface area contributed by atoms with E-state index in [0.29, 0.717) is 0 Å². The highest BCUT2D eigenvalue weighted by Crippen LogP contribution is 2.31. The van der Waals surface area contributed by atoms with Crippen molar-refractivity contribution in [2.24, 2.45) is 5.10 Å². The van der Waals surface area contributed by atoms with E-state index in [1.165, 1.54) is 18.3 Å². The SMILES string of the molecule is N#CSC1=C(/C=N/NS(=O)(=O)c2ccc(Br)cc2)CCCC1. The van der Waals surface area contributed by atoms with Crippen LogP contribution in [-0.2, 0) is 10.0 Å². The zero-order valence-electron chi connectivity index (χ0n) is 11.6. The third-order valence-corrected chi connectivity index (χ3v) is 5.72. The number of nitrogens with one attached hydrogen (secondary N) is 1. The lowest BCUT2D eigenvalue weighted by Crippen LogP contribution is -2.18. The Balaban J connectivity index is 2.11. The Labute approximate surface area is 142 Å². The molecule has 0 aromatic heterocycles. The normalized spacial score (nSPS) is 15.8. The Morgan fingerprint density at radius 3 is 2.64 bits per heavy atom. The maximum atomic E-state index is 12.1. The predicted octanol–water partition coefficient (Wildman–Crippen LogP) is 3.76. The van der Waals surface area contributed by atoms with Gasteiger partial charge in [0.2, 0.25) is 0 Å². The molecule has 1 aromatic carbocycles. The molecule has 0 atom stereocenters. The van der Waals surface area contributed by atoms with Crippen LogP contribution in [0.4, 0.5) is 0 Å². The first-order valence-electron chi connectivity index (χ1n) is 6.61. The van der Waals surface area contributed by atoms with E-state index in [-0.39, 0.29) is 4.90 Å². The van der Waals surface area contributed by atoms with Crippen LogP contribution in [0, 0.1) is 10.7 Å². The summed E-state index contributed by atoms with van der Waals surface area (Å²) in [6, 6.07) is 6.31. The van der Waals surface area contributed by atoms with Crippen molar-refractivity contribution < 1.29 is 8.42 Å². The molecule has 0 saturated carbocycles. The van der Waals surface area contributed by atoms with Crippen molar-refractivity contribution >= 4 is 43.9 Å². The molecule has 0 saturated heterocycles. The average molecular weight is 400 g/mol.